The summed E-state index contributed by atoms with van der Waals surface area (Å²) in [4.78, 5) is 27.2. The topological polar surface area (TPSA) is 78.7 Å². The van der Waals surface area contributed by atoms with Crippen LogP contribution < -0.4 is 5.32 Å². The second kappa shape index (κ2) is 8.41. The maximum Gasteiger partial charge on any atom is 0.269 e. The van der Waals surface area contributed by atoms with Crippen LogP contribution in [0.15, 0.2) is 24.3 Å². The molecule has 0 aromatic heterocycles. The van der Waals surface area contributed by atoms with Gasteiger partial charge in [0.2, 0.25) is 5.91 Å². The first-order chi connectivity index (χ1) is 11.1. The summed E-state index contributed by atoms with van der Waals surface area (Å²) in [5, 5.41) is 14.2. The number of carbonyl (C=O) groups is 1. The van der Waals surface area contributed by atoms with Crippen molar-refractivity contribution in [1.82, 2.24) is 15.1 Å². The fourth-order valence-corrected chi connectivity index (χ4v) is 3.38. The molecular formula is C16H23ClN4O3. The number of hydrogen-bond acceptors (Lipinski definition) is 5. The number of rotatable bonds is 4. The predicted molar refractivity (Wildman–Crippen MR) is 93.5 cm³/mol. The summed E-state index contributed by atoms with van der Waals surface area (Å²) in [7, 11) is 0. The van der Waals surface area contributed by atoms with E-state index < -0.39 is 4.92 Å². The second-order valence-electron chi connectivity index (χ2n) is 6.17. The van der Waals surface area contributed by atoms with Crippen LogP contribution >= 0.6 is 12.4 Å². The van der Waals surface area contributed by atoms with Gasteiger partial charge in [-0.2, -0.15) is 0 Å². The molecule has 2 aliphatic rings. The minimum atomic E-state index is -0.426. The molecule has 1 N–H and O–H groups in total. The Labute approximate surface area is 147 Å². The van der Waals surface area contributed by atoms with Crippen molar-refractivity contribution in [2.75, 3.05) is 39.3 Å². The molecule has 7 nitrogen and oxygen atoms in total. The van der Waals surface area contributed by atoms with Crippen molar-refractivity contribution in [3.63, 3.8) is 0 Å². The number of non-ortho nitro benzene ring substituents is 1. The fourth-order valence-electron chi connectivity index (χ4n) is 3.38. The van der Waals surface area contributed by atoms with E-state index in [1.54, 1.807) is 12.1 Å². The monoisotopic (exact) mass is 354 g/mol. The number of piperazine rings is 1. The van der Waals surface area contributed by atoms with Gasteiger partial charge in [0.05, 0.1) is 11.3 Å². The van der Waals surface area contributed by atoms with Crippen LogP contribution in [-0.2, 0) is 11.2 Å². The third-order valence-corrected chi connectivity index (χ3v) is 4.66. The summed E-state index contributed by atoms with van der Waals surface area (Å²) < 4.78 is 0. The largest absolute Gasteiger partial charge is 0.341 e. The van der Waals surface area contributed by atoms with Crippen LogP contribution in [0.4, 0.5) is 5.69 Å². The van der Waals surface area contributed by atoms with Crippen molar-refractivity contribution >= 4 is 24.0 Å². The minimum Gasteiger partial charge on any atom is -0.341 e. The van der Waals surface area contributed by atoms with E-state index in [9.17, 15) is 14.9 Å². The van der Waals surface area contributed by atoms with Crippen molar-refractivity contribution in [1.29, 1.82) is 0 Å². The number of carbonyl (C=O) groups excluding carboxylic acids is 1. The number of nitro benzene ring substituents is 1. The van der Waals surface area contributed by atoms with Crippen molar-refractivity contribution in [3.05, 3.63) is 39.9 Å². The van der Waals surface area contributed by atoms with E-state index in [-0.39, 0.29) is 30.4 Å². The number of nitrogens with zero attached hydrogens (tertiary/aromatic N) is 3. The second-order valence-corrected chi connectivity index (χ2v) is 6.17. The van der Waals surface area contributed by atoms with Gasteiger partial charge in [0.15, 0.2) is 0 Å². The van der Waals surface area contributed by atoms with Crippen molar-refractivity contribution in [2.45, 2.75) is 18.9 Å². The molecule has 3 rings (SSSR count). The smallest absolute Gasteiger partial charge is 0.269 e. The van der Waals surface area contributed by atoms with Gasteiger partial charge in [-0.3, -0.25) is 19.8 Å². The molecule has 1 amide bonds. The lowest BCUT2D eigenvalue weighted by molar-refractivity contribution is -0.384. The molecular weight excluding hydrogens is 332 g/mol. The molecule has 1 aromatic rings. The molecule has 8 heteroatoms. The first kappa shape index (κ1) is 18.6. The minimum absolute atomic E-state index is 0. The van der Waals surface area contributed by atoms with Crippen LogP contribution in [-0.4, -0.2) is 65.9 Å². The Morgan fingerprint density at radius 2 is 2.04 bits per heavy atom. The van der Waals surface area contributed by atoms with Gasteiger partial charge in [0, 0.05) is 57.4 Å². The molecule has 2 saturated heterocycles. The maximum atomic E-state index is 12.4. The van der Waals surface area contributed by atoms with E-state index in [0.717, 1.165) is 45.7 Å². The van der Waals surface area contributed by atoms with Crippen molar-refractivity contribution < 1.29 is 9.72 Å². The molecule has 0 radical (unpaired) electrons. The zero-order valence-corrected chi connectivity index (χ0v) is 14.3. The number of benzene rings is 1. The van der Waals surface area contributed by atoms with E-state index in [2.05, 4.69) is 10.2 Å². The van der Waals surface area contributed by atoms with E-state index in [1.807, 2.05) is 4.90 Å². The van der Waals surface area contributed by atoms with E-state index in [1.165, 1.54) is 12.1 Å². The molecule has 0 aliphatic carbocycles. The van der Waals surface area contributed by atoms with Gasteiger partial charge >= 0.3 is 0 Å². The normalized spacial score (nSPS) is 21.3. The van der Waals surface area contributed by atoms with Gasteiger partial charge < -0.3 is 10.2 Å². The number of halogens is 1. The van der Waals surface area contributed by atoms with Crippen LogP contribution in [0.25, 0.3) is 0 Å². The number of nitro groups is 1. The lowest BCUT2D eigenvalue weighted by atomic mass is 10.1. The highest BCUT2D eigenvalue weighted by Crippen LogP contribution is 2.19. The molecule has 1 atom stereocenters. The summed E-state index contributed by atoms with van der Waals surface area (Å²) in [6.07, 6.45) is 1.25. The Hall–Kier alpha value is -1.70. The Kier molecular flexibility index (Phi) is 6.53. The molecule has 2 heterocycles. The summed E-state index contributed by atoms with van der Waals surface area (Å²) in [5.41, 5.74) is 0.741. The van der Waals surface area contributed by atoms with Crippen molar-refractivity contribution in [3.8, 4) is 0 Å². The lowest BCUT2D eigenvalue weighted by Crippen LogP contribution is -2.49. The van der Waals surface area contributed by atoms with Gasteiger partial charge in [-0.15, -0.1) is 12.4 Å². The van der Waals surface area contributed by atoms with Gasteiger partial charge in [-0.25, -0.2) is 0 Å². The van der Waals surface area contributed by atoms with Gasteiger partial charge in [-0.05, 0) is 12.0 Å². The standard InChI is InChI=1S/C16H22N4O3.ClH/c21-16(11-13-2-1-3-14(10-13)20(22)23)19-7-4-15(12-19)18-8-5-17-6-9-18;/h1-3,10,15,17H,4-9,11-12H2;1H. The Morgan fingerprint density at radius 1 is 1.29 bits per heavy atom. The van der Waals surface area contributed by atoms with Crippen LogP contribution in [0.3, 0.4) is 0 Å². The molecule has 2 fully saturated rings. The fraction of sp³-hybridized carbons (Fsp3) is 0.562. The van der Waals surface area contributed by atoms with Crippen LogP contribution in [0, 0.1) is 10.1 Å². The zero-order chi connectivity index (χ0) is 16.2. The highest BCUT2D eigenvalue weighted by atomic mass is 35.5. The summed E-state index contributed by atoms with van der Waals surface area (Å²) in [6.45, 7) is 5.65. The Balaban J connectivity index is 0.00000208. The first-order valence-electron chi connectivity index (χ1n) is 8.09. The first-order valence-corrected chi connectivity index (χ1v) is 8.09. The predicted octanol–water partition coefficient (Wildman–Crippen LogP) is 1.07. The summed E-state index contributed by atoms with van der Waals surface area (Å²) in [5.74, 6) is 0.0585. The molecule has 0 saturated carbocycles. The molecule has 2 aliphatic heterocycles. The zero-order valence-electron chi connectivity index (χ0n) is 13.5. The highest BCUT2D eigenvalue weighted by molar-refractivity contribution is 5.85. The van der Waals surface area contributed by atoms with Gasteiger partial charge in [-0.1, -0.05) is 12.1 Å². The van der Waals surface area contributed by atoms with Crippen LogP contribution in [0.2, 0.25) is 0 Å². The molecule has 0 bridgehead atoms. The average molecular weight is 355 g/mol. The Morgan fingerprint density at radius 3 is 2.75 bits per heavy atom. The van der Waals surface area contributed by atoms with E-state index in [4.69, 9.17) is 0 Å². The lowest BCUT2D eigenvalue weighted by Gasteiger charge is -2.32. The molecule has 1 unspecified atom stereocenters. The molecule has 0 spiro atoms. The SMILES string of the molecule is Cl.O=C(Cc1cccc([N+](=O)[O-])c1)N1CCC(N2CCNCC2)C1. The quantitative estimate of drug-likeness (QED) is 0.646. The Bertz CT molecular complexity index is 592. The summed E-state index contributed by atoms with van der Waals surface area (Å²) in [6, 6.07) is 6.79. The molecule has 24 heavy (non-hydrogen) atoms. The third kappa shape index (κ3) is 4.43. The van der Waals surface area contributed by atoms with Gasteiger partial charge in [0.1, 0.15) is 0 Å². The van der Waals surface area contributed by atoms with Crippen LogP contribution in [0.5, 0.6) is 0 Å². The van der Waals surface area contributed by atoms with E-state index in [0.29, 0.717) is 11.6 Å². The molecule has 1 aromatic carbocycles. The average Bonchev–Trinajstić information content (AvgIpc) is 3.06. The maximum absolute atomic E-state index is 12.4. The third-order valence-electron chi connectivity index (χ3n) is 4.66. The number of amides is 1. The number of hydrogen-bond donors (Lipinski definition) is 1. The van der Waals surface area contributed by atoms with Crippen LogP contribution in [0.1, 0.15) is 12.0 Å². The number of likely N-dealkylation sites (tertiary alicyclic amines) is 1. The van der Waals surface area contributed by atoms with E-state index >= 15 is 0 Å². The van der Waals surface area contributed by atoms with Crippen molar-refractivity contribution in [2.24, 2.45) is 0 Å². The highest BCUT2D eigenvalue weighted by Gasteiger charge is 2.30. The molecule has 132 valence electrons. The summed E-state index contributed by atoms with van der Waals surface area (Å²) >= 11 is 0. The van der Waals surface area contributed by atoms with Gasteiger partial charge in [0.25, 0.3) is 5.69 Å². The number of nitrogens with one attached hydrogen (secondary N) is 1.